The number of carbonyl (C=O) groups excluding carboxylic acids is 2. The number of para-hydroxylation sites is 1. The highest BCUT2D eigenvalue weighted by Crippen LogP contribution is 2.26. The van der Waals surface area contributed by atoms with E-state index in [4.69, 9.17) is 11.6 Å². The molecule has 10 heteroatoms. The number of nitro groups is 1. The van der Waals surface area contributed by atoms with Gasteiger partial charge in [-0.25, -0.2) is 5.43 Å². The number of phenolic OH excluding ortho intramolecular Hbond substituents is 1. The van der Waals surface area contributed by atoms with Gasteiger partial charge in [-0.3, -0.25) is 19.7 Å². The van der Waals surface area contributed by atoms with Crippen molar-refractivity contribution in [3.8, 4) is 5.75 Å². The Hall–Kier alpha value is -3.46. The summed E-state index contributed by atoms with van der Waals surface area (Å²) >= 11 is 5.92. The van der Waals surface area contributed by atoms with Gasteiger partial charge in [-0.05, 0) is 25.1 Å². The van der Waals surface area contributed by atoms with E-state index in [9.17, 15) is 24.8 Å². The minimum atomic E-state index is -0.630. The number of nitro benzene ring substituents is 1. The van der Waals surface area contributed by atoms with Crippen molar-refractivity contribution in [3.63, 3.8) is 0 Å². The second-order valence-corrected chi connectivity index (χ2v) is 5.86. The molecule has 0 aliphatic heterocycles. The number of hydrogen-bond acceptors (Lipinski definition) is 6. The number of halogens is 1. The summed E-state index contributed by atoms with van der Waals surface area (Å²) in [7, 11) is 0. The van der Waals surface area contributed by atoms with Crippen LogP contribution in [0.2, 0.25) is 5.02 Å². The molecular formula is C17H15ClN4O5. The van der Waals surface area contributed by atoms with E-state index in [2.05, 4.69) is 15.8 Å². The van der Waals surface area contributed by atoms with Crippen LogP contribution in [0.15, 0.2) is 47.6 Å². The molecule has 0 atom stereocenters. The Morgan fingerprint density at radius 3 is 2.63 bits per heavy atom. The first-order valence-electron chi connectivity index (χ1n) is 7.63. The normalized spacial score (nSPS) is 11.0. The molecule has 0 heterocycles. The van der Waals surface area contributed by atoms with E-state index in [-0.39, 0.29) is 39.8 Å². The van der Waals surface area contributed by atoms with Gasteiger partial charge in [-0.15, -0.1) is 0 Å². The fourth-order valence-electron chi connectivity index (χ4n) is 2.06. The van der Waals surface area contributed by atoms with Gasteiger partial charge in [0.25, 0.3) is 11.6 Å². The molecule has 9 nitrogen and oxygen atoms in total. The fourth-order valence-corrected chi connectivity index (χ4v) is 2.23. The molecule has 2 rings (SSSR count). The summed E-state index contributed by atoms with van der Waals surface area (Å²) in [6, 6.07) is 9.62. The molecule has 3 N–H and O–H groups in total. The predicted molar refractivity (Wildman–Crippen MR) is 100 cm³/mol. The number of hydrazone groups is 1. The van der Waals surface area contributed by atoms with Crippen molar-refractivity contribution in [2.24, 2.45) is 5.10 Å². The zero-order valence-electron chi connectivity index (χ0n) is 14.1. The second kappa shape index (κ2) is 8.77. The van der Waals surface area contributed by atoms with Gasteiger partial charge >= 0.3 is 0 Å². The summed E-state index contributed by atoms with van der Waals surface area (Å²) in [4.78, 5) is 34.2. The highest BCUT2D eigenvalue weighted by Gasteiger charge is 2.13. The van der Waals surface area contributed by atoms with Crippen molar-refractivity contribution < 1.29 is 19.6 Å². The van der Waals surface area contributed by atoms with Crippen LogP contribution >= 0.6 is 11.6 Å². The van der Waals surface area contributed by atoms with Crippen LogP contribution in [0.3, 0.4) is 0 Å². The van der Waals surface area contributed by atoms with Crippen LogP contribution in [0, 0.1) is 10.1 Å². The minimum Gasteiger partial charge on any atom is -0.507 e. The quantitative estimate of drug-likeness (QED) is 0.396. The summed E-state index contributed by atoms with van der Waals surface area (Å²) in [6.45, 7) is 1.51. The highest BCUT2D eigenvalue weighted by molar-refractivity contribution is 6.33. The minimum absolute atomic E-state index is 0.0434. The van der Waals surface area contributed by atoms with Gasteiger partial charge in [-0.2, -0.15) is 5.10 Å². The van der Waals surface area contributed by atoms with Crippen molar-refractivity contribution in [1.29, 1.82) is 0 Å². The molecule has 0 saturated carbocycles. The largest absolute Gasteiger partial charge is 0.507 e. The maximum atomic E-state index is 12.1. The van der Waals surface area contributed by atoms with E-state index >= 15 is 0 Å². The molecule has 27 heavy (non-hydrogen) atoms. The number of aromatic hydroxyl groups is 1. The molecule has 0 aliphatic carbocycles. The standard InChI is InChI=1S/C17H15ClN4O5/c1-10(20-21-17(25)12-4-2-3-5-15(12)23)8-16(24)19-14-9-11(22(26)27)6-7-13(14)18/h2-7,9,23H,8H2,1H3,(H,19,24)(H,21,25)/b20-10+. The van der Waals surface area contributed by atoms with Crippen LogP contribution in [0.4, 0.5) is 11.4 Å². The average Bonchev–Trinajstić information content (AvgIpc) is 2.61. The number of anilines is 1. The highest BCUT2D eigenvalue weighted by atomic mass is 35.5. The molecular weight excluding hydrogens is 376 g/mol. The van der Waals surface area contributed by atoms with Gasteiger partial charge < -0.3 is 10.4 Å². The lowest BCUT2D eigenvalue weighted by molar-refractivity contribution is -0.384. The van der Waals surface area contributed by atoms with Gasteiger partial charge in [0.2, 0.25) is 5.91 Å². The second-order valence-electron chi connectivity index (χ2n) is 5.45. The number of non-ortho nitro benzene ring substituents is 1. The van der Waals surface area contributed by atoms with Crippen LogP contribution in [-0.2, 0) is 4.79 Å². The van der Waals surface area contributed by atoms with E-state index < -0.39 is 16.7 Å². The molecule has 0 aromatic heterocycles. The number of carbonyl (C=O) groups is 2. The Labute approximate surface area is 158 Å². The van der Waals surface area contributed by atoms with Crippen molar-refractivity contribution in [2.75, 3.05) is 5.32 Å². The molecule has 0 unspecified atom stereocenters. The summed E-state index contributed by atoms with van der Waals surface area (Å²) in [5.74, 6) is -1.34. The monoisotopic (exact) mass is 390 g/mol. The summed E-state index contributed by atoms with van der Waals surface area (Å²) in [5, 5.41) is 26.8. The molecule has 2 aromatic carbocycles. The van der Waals surface area contributed by atoms with Crippen molar-refractivity contribution in [3.05, 3.63) is 63.2 Å². The molecule has 0 bridgehead atoms. The summed E-state index contributed by atoms with van der Waals surface area (Å²) < 4.78 is 0. The molecule has 0 saturated heterocycles. The van der Waals surface area contributed by atoms with Crippen molar-refractivity contribution in [2.45, 2.75) is 13.3 Å². The lowest BCUT2D eigenvalue weighted by Gasteiger charge is -2.07. The summed E-state index contributed by atoms with van der Waals surface area (Å²) in [6.07, 6.45) is -0.180. The molecule has 0 spiro atoms. The molecule has 0 radical (unpaired) electrons. The Morgan fingerprint density at radius 2 is 1.96 bits per heavy atom. The Morgan fingerprint density at radius 1 is 1.26 bits per heavy atom. The van der Waals surface area contributed by atoms with E-state index in [1.807, 2.05) is 0 Å². The molecule has 0 fully saturated rings. The maximum absolute atomic E-state index is 12.1. The molecule has 2 aromatic rings. The zero-order chi connectivity index (χ0) is 20.0. The average molecular weight is 391 g/mol. The van der Waals surface area contributed by atoms with E-state index in [1.165, 1.54) is 31.2 Å². The zero-order valence-corrected chi connectivity index (χ0v) is 14.9. The lowest BCUT2D eigenvalue weighted by Crippen LogP contribution is -2.21. The number of nitrogens with one attached hydrogen (secondary N) is 2. The number of amides is 2. The third kappa shape index (κ3) is 5.51. The first-order chi connectivity index (χ1) is 12.8. The molecule has 2 amide bonds. The van der Waals surface area contributed by atoms with Gasteiger partial charge in [0.15, 0.2) is 0 Å². The van der Waals surface area contributed by atoms with Crippen LogP contribution in [-0.4, -0.2) is 27.6 Å². The number of hydrogen-bond donors (Lipinski definition) is 3. The van der Waals surface area contributed by atoms with Crippen molar-refractivity contribution in [1.82, 2.24) is 5.43 Å². The van der Waals surface area contributed by atoms with E-state index in [0.29, 0.717) is 0 Å². The first-order valence-corrected chi connectivity index (χ1v) is 8.01. The Kier molecular flexibility index (Phi) is 6.45. The molecule has 140 valence electrons. The number of nitrogens with zero attached hydrogens (tertiary/aromatic N) is 2. The van der Waals surface area contributed by atoms with Gasteiger partial charge in [0, 0.05) is 17.8 Å². The Balaban J connectivity index is 1.98. The summed E-state index contributed by atoms with van der Waals surface area (Å²) in [5.41, 5.74) is 2.44. The molecule has 0 aliphatic rings. The third-order valence-corrected chi connectivity index (χ3v) is 3.68. The third-order valence-electron chi connectivity index (χ3n) is 3.35. The Bertz CT molecular complexity index is 929. The topological polar surface area (TPSA) is 134 Å². The van der Waals surface area contributed by atoms with Gasteiger partial charge in [0.05, 0.1) is 27.6 Å². The fraction of sp³-hybridized carbons (Fsp3) is 0.118. The lowest BCUT2D eigenvalue weighted by atomic mass is 10.2. The van der Waals surface area contributed by atoms with Crippen molar-refractivity contribution >= 4 is 40.5 Å². The van der Waals surface area contributed by atoms with Crippen LogP contribution in [0.1, 0.15) is 23.7 Å². The maximum Gasteiger partial charge on any atom is 0.275 e. The first kappa shape index (κ1) is 19.9. The smallest absolute Gasteiger partial charge is 0.275 e. The van der Waals surface area contributed by atoms with Gasteiger partial charge in [-0.1, -0.05) is 23.7 Å². The van der Waals surface area contributed by atoms with E-state index in [1.54, 1.807) is 12.1 Å². The number of rotatable bonds is 6. The number of phenols is 1. The SMILES string of the molecule is C/C(CC(=O)Nc1cc([N+](=O)[O-])ccc1Cl)=N\NC(=O)c1ccccc1O. The van der Waals surface area contributed by atoms with Crippen LogP contribution in [0.25, 0.3) is 0 Å². The van der Waals surface area contributed by atoms with Gasteiger partial charge in [0.1, 0.15) is 5.75 Å². The van der Waals surface area contributed by atoms with E-state index in [0.717, 1.165) is 6.07 Å². The van der Waals surface area contributed by atoms with Crippen LogP contribution < -0.4 is 10.7 Å². The van der Waals surface area contributed by atoms with Crippen LogP contribution in [0.5, 0.6) is 5.75 Å². The predicted octanol–water partition coefficient (Wildman–Crippen LogP) is 3.09. The number of benzene rings is 2.